The van der Waals surface area contributed by atoms with Gasteiger partial charge in [-0.25, -0.2) is 9.59 Å². The van der Waals surface area contributed by atoms with E-state index < -0.39 is 5.76 Å². The van der Waals surface area contributed by atoms with Crippen molar-refractivity contribution < 1.29 is 14.0 Å². The highest BCUT2D eigenvalue weighted by Gasteiger charge is 2.10. The van der Waals surface area contributed by atoms with E-state index >= 15 is 0 Å². The molecule has 0 aliphatic heterocycles. The Morgan fingerprint density at radius 2 is 2.04 bits per heavy atom. The van der Waals surface area contributed by atoms with Gasteiger partial charge in [-0.15, -0.1) is 0 Å². The van der Waals surface area contributed by atoms with Gasteiger partial charge in [-0.05, 0) is 30.3 Å². The van der Waals surface area contributed by atoms with Crippen LogP contribution in [-0.4, -0.2) is 40.9 Å². The molecule has 9 nitrogen and oxygen atoms in total. The second-order valence-corrected chi connectivity index (χ2v) is 5.77. The quantitative estimate of drug-likeness (QED) is 0.656. The maximum Gasteiger partial charge on any atom is 0.417 e. The summed E-state index contributed by atoms with van der Waals surface area (Å²) in [5.74, 6) is -0.889. The first-order valence-electron chi connectivity index (χ1n) is 7.76. The first-order valence-corrected chi connectivity index (χ1v) is 7.76. The lowest BCUT2D eigenvalue weighted by molar-refractivity contribution is 0.102. The molecule has 0 radical (unpaired) electrons. The zero-order valence-corrected chi connectivity index (χ0v) is 14.2. The molecule has 26 heavy (non-hydrogen) atoms. The molecule has 3 aromatic rings. The number of benzene rings is 1. The number of anilines is 1. The summed E-state index contributed by atoms with van der Waals surface area (Å²) in [6, 6.07) is 7.77. The van der Waals surface area contributed by atoms with Crippen LogP contribution in [-0.2, 0) is 6.54 Å². The summed E-state index contributed by atoms with van der Waals surface area (Å²) < 4.78 is 4.92. The van der Waals surface area contributed by atoms with Crippen LogP contribution in [0.4, 0.5) is 10.5 Å². The molecule has 1 aromatic carbocycles. The van der Waals surface area contributed by atoms with Gasteiger partial charge in [0.1, 0.15) is 0 Å². The maximum absolute atomic E-state index is 12.4. The Hall–Kier alpha value is -3.62. The molecule has 0 fully saturated rings. The highest BCUT2D eigenvalue weighted by molar-refractivity contribution is 6.04. The molecule has 3 N–H and O–H groups in total. The Labute approximate surface area is 148 Å². The van der Waals surface area contributed by atoms with Crippen molar-refractivity contribution in [3.05, 3.63) is 58.3 Å². The fourth-order valence-electron chi connectivity index (χ4n) is 2.27. The maximum atomic E-state index is 12.4. The number of amides is 3. The summed E-state index contributed by atoms with van der Waals surface area (Å²) in [6.45, 7) is 0.209. The van der Waals surface area contributed by atoms with Gasteiger partial charge in [0.05, 0.1) is 17.8 Å². The van der Waals surface area contributed by atoms with E-state index in [0.717, 1.165) is 0 Å². The SMILES string of the molecule is CN(C)C(=O)NCc1cc(C(=O)Nc2ccc3oc(=O)[nH]c3c2)ccn1. The summed E-state index contributed by atoms with van der Waals surface area (Å²) in [4.78, 5) is 43.2. The fourth-order valence-corrected chi connectivity index (χ4v) is 2.27. The summed E-state index contributed by atoms with van der Waals surface area (Å²) in [5.41, 5.74) is 2.38. The number of aromatic amines is 1. The Morgan fingerprint density at radius 1 is 1.23 bits per heavy atom. The van der Waals surface area contributed by atoms with Crippen molar-refractivity contribution in [2.75, 3.05) is 19.4 Å². The lowest BCUT2D eigenvalue weighted by Gasteiger charge is -2.12. The molecular formula is C17H17N5O4. The van der Waals surface area contributed by atoms with Gasteiger partial charge in [0.15, 0.2) is 5.58 Å². The van der Waals surface area contributed by atoms with E-state index in [-0.39, 0.29) is 18.5 Å². The Bertz CT molecular complexity index is 1020. The minimum atomic E-state index is -0.554. The van der Waals surface area contributed by atoms with Crippen LogP contribution in [0.1, 0.15) is 16.1 Å². The number of rotatable bonds is 4. The highest BCUT2D eigenvalue weighted by atomic mass is 16.4. The number of pyridine rings is 1. The average molecular weight is 355 g/mol. The molecule has 0 aliphatic rings. The molecule has 9 heteroatoms. The third kappa shape index (κ3) is 3.89. The van der Waals surface area contributed by atoms with Crippen LogP contribution in [0, 0.1) is 0 Å². The van der Waals surface area contributed by atoms with Gasteiger partial charge in [-0.1, -0.05) is 0 Å². The minimum Gasteiger partial charge on any atom is -0.408 e. The van der Waals surface area contributed by atoms with Crippen molar-refractivity contribution in [3.8, 4) is 0 Å². The first-order chi connectivity index (χ1) is 12.4. The molecule has 0 saturated heterocycles. The molecule has 2 heterocycles. The summed E-state index contributed by atoms with van der Waals surface area (Å²) in [5, 5.41) is 5.43. The number of urea groups is 1. The smallest absolute Gasteiger partial charge is 0.408 e. The Balaban J connectivity index is 1.71. The van der Waals surface area contributed by atoms with Crippen molar-refractivity contribution in [2.24, 2.45) is 0 Å². The molecule has 0 atom stereocenters. The number of hydrogen-bond donors (Lipinski definition) is 3. The van der Waals surface area contributed by atoms with Crippen LogP contribution >= 0.6 is 0 Å². The van der Waals surface area contributed by atoms with Crippen LogP contribution < -0.4 is 16.4 Å². The topological polar surface area (TPSA) is 120 Å². The van der Waals surface area contributed by atoms with Crippen LogP contribution in [0.3, 0.4) is 0 Å². The second-order valence-electron chi connectivity index (χ2n) is 5.77. The van der Waals surface area contributed by atoms with Gasteiger partial charge in [-0.3, -0.25) is 14.8 Å². The predicted octanol–water partition coefficient (Wildman–Crippen LogP) is 1.54. The number of hydrogen-bond acceptors (Lipinski definition) is 5. The standard InChI is InChI=1S/C17H17N5O4/c1-22(2)16(24)19-9-12-7-10(5-6-18-12)15(23)20-11-3-4-14-13(8-11)21-17(25)26-14/h3-8H,9H2,1-2H3,(H,19,24)(H,20,23)(H,21,25). The van der Waals surface area contributed by atoms with Crippen LogP contribution in [0.5, 0.6) is 0 Å². The van der Waals surface area contributed by atoms with E-state index in [0.29, 0.717) is 28.0 Å². The molecule has 0 spiro atoms. The number of carbonyl (C=O) groups is 2. The Kier molecular flexibility index (Phi) is 4.70. The lowest BCUT2D eigenvalue weighted by atomic mass is 10.2. The monoisotopic (exact) mass is 355 g/mol. The number of carbonyl (C=O) groups excluding carboxylic acids is 2. The number of nitrogens with one attached hydrogen (secondary N) is 3. The summed E-state index contributed by atoms with van der Waals surface area (Å²) in [6.07, 6.45) is 1.50. The molecule has 134 valence electrons. The summed E-state index contributed by atoms with van der Waals surface area (Å²) >= 11 is 0. The first kappa shape index (κ1) is 17.2. The highest BCUT2D eigenvalue weighted by Crippen LogP contribution is 2.17. The number of H-pyrrole nitrogens is 1. The van der Waals surface area contributed by atoms with Gasteiger partial charge >= 0.3 is 11.8 Å². The molecule has 0 saturated carbocycles. The second kappa shape index (κ2) is 7.09. The lowest BCUT2D eigenvalue weighted by Crippen LogP contribution is -2.34. The summed E-state index contributed by atoms with van der Waals surface area (Å²) in [7, 11) is 3.27. The van der Waals surface area contributed by atoms with Crippen molar-refractivity contribution in [1.82, 2.24) is 20.2 Å². The third-order valence-corrected chi connectivity index (χ3v) is 3.58. The molecule has 0 aliphatic carbocycles. The molecule has 3 amide bonds. The normalized spacial score (nSPS) is 10.5. The van der Waals surface area contributed by atoms with Crippen molar-refractivity contribution in [3.63, 3.8) is 0 Å². The van der Waals surface area contributed by atoms with Gasteiger partial charge in [0.25, 0.3) is 5.91 Å². The van der Waals surface area contributed by atoms with Gasteiger partial charge < -0.3 is 20.0 Å². The van der Waals surface area contributed by atoms with E-state index in [1.165, 1.54) is 11.1 Å². The van der Waals surface area contributed by atoms with Crippen molar-refractivity contribution >= 4 is 28.7 Å². The largest absolute Gasteiger partial charge is 0.417 e. The van der Waals surface area contributed by atoms with Crippen LogP contribution in [0.2, 0.25) is 0 Å². The molecular weight excluding hydrogens is 338 g/mol. The van der Waals surface area contributed by atoms with E-state index in [4.69, 9.17) is 4.42 Å². The fraction of sp³-hybridized carbons (Fsp3) is 0.176. The van der Waals surface area contributed by atoms with E-state index in [1.54, 1.807) is 44.4 Å². The number of fused-ring (bicyclic) bond motifs is 1. The number of aromatic nitrogens is 2. The molecule has 0 bridgehead atoms. The van der Waals surface area contributed by atoms with E-state index in [2.05, 4.69) is 20.6 Å². The van der Waals surface area contributed by atoms with Gasteiger partial charge in [-0.2, -0.15) is 0 Å². The van der Waals surface area contributed by atoms with E-state index in [9.17, 15) is 14.4 Å². The van der Waals surface area contributed by atoms with E-state index in [1.807, 2.05) is 0 Å². The van der Waals surface area contributed by atoms with Crippen molar-refractivity contribution in [2.45, 2.75) is 6.54 Å². The Morgan fingerprint density at radius 3 is 2.81 bits per heavy atom. The van der Waals surface area contributed by atoms with Crippen molar-refractivity contribution in [1.29, 1.82) is 0 Å². The predicted molar refractivity (Wildman–Crippen MR) is 94.9 cm³/mol. The zero-order chi connectivity index (χ0) is 18.7. The minimum absolute atomic E-state index is 0.209. The zero-order valence-electron chi connectivity index (χ0n) is 14.2. The van der Waals surface area contributed by atoms with Gasteiger partial charge in [0, 0.05) is 31.5 Å². The van der Waals surface area contributed by atoms with Gasteiger partial charge in [0.2, 0.25) is 0 Å². The third-order valence-electron chi connectivity index (χ3n) is 3.58. The van der Waals surface area contributed by atoms with Crippen LogP contribution in [0.15, 0.2) is 45.7 Å². The molecule has 2 aromatic heterocycles. The average Bonchev–Trinajstić information content (AvgIpc) is 2.99. The van der Waals surface area contributed by atoms with Crippen LogP contribution in [0.25, 0.3) is 11.1 Å². The molecule has 3 rings (SSSR count). The number of nitrogens with zero attached hydrogens (tertiary/aromatic N) is 2. The number of oxazole rings is 1. The molecule has 0 unspecified atom stereocenters.